The lowest BCUT2D eigenvalue weighted by Gasteiger charge is -2.10. The minimum atomic E-state index is -3.74. The fraction of sp³-hybridized carbons (Fsp3) is 0.238. The first kappa shape index (κ1) is 19.4. The molecule has 1 aliphatic rings. The zero-order chi connectivity index (χ0) is 20.4. The van der Waals surface area contributed by atoms with Gasteiger partial charge in [0, 0.05) is 17.0 Å². The third kappa shape index (κ3) is 4.55. The Kier molecular flexibility index (Phi) is 5.21. The van der Waals surface area contributed by atoms with Crippen LogP contribution in [0.15, 0.2) is 59.5 Å². The molecule has 29 heavy (non-hydrogen) atoms. The Morgan fingerprint density at radius 1 is 1.07 bits per heavy atom. The summed E-state index contributed by atoms with van der Waals surface area (Å²) in [5.41, 5.74) is 2.23. The molecule has 2 N–H and O–H groups in total. The number of nitrogens with zero attached hydrogens (tertiary/aromatic N) is 1. The van der Waals surface area contributed by atoms with Crippen LogP contribution in [0.25, 0.3) is 10.9 Å². The van der Waals surface area contributed by atoms with Crippen molar-refractivity contribution >= 4 is 26.9 Å². The summed E-state index contributed by atoms with van der Waals surface area (Å²) in [4.78, 5) is 17.3. The van der Waals surface area contributed by atoms with Gasteiger partial charge in [-0.1, -0.05) is 18.2 Å². The van der Waals surface area contributed by atoms with E-state index in [1.165, 1.54) is 24.3 Å². The summed E-state index contributed by atoms with van der Waals surface area (Å²) in [6, 6.07) is 15.1. The van der Waals surface area contributed by atoms with E-state index >= 15 is 0 Å². The number of hydrogen-bond donors (Lipinski definition) is 1. The number of pyridine rings is 1. The molecule has 0 saturated heterocycles. The van der Waals surface area contributed by atoms with Crippen molar-refractivity contribution in [2.24, 2.45) is 5.14 Å². The van der Waals surface area contributed by atoms with Gasteiger partial charge in [0.05, 0.1) is 16.0 Å². The standard InChI is InChI=1S/C21H20N2O5S/c22-29(25,26)16-9-7-15(8-10-16)27-11-12-28-21(24)18-13-20(14-5-6-14)23-19-4-2-1-3-17(18)19/h1-4,7-10,13-14H,5-6,11-12H2,(H2,22,25,26). The lowest BCUT2D eigenvalue weighted by molar-refractivity contribution is 0.0452. The number of sulfonamides is 1. The maximum atomic E-state index is 12.6. The third-order valence-electron chi connectivity index (χ3n) is 4.69. The topological polar surface area (TPSA) is 109 Å². The molecule has 1 heterocycles. The molecule has 0 unspecified atom stereocenters. The number of para-hydroxylation sites is 1. The number of ether oxygens (including phenoxy) is 2. The fourth-order valence-corrected chi connectivity index (χ4v) is 3.57. The molecule has 0 spiro atoms. The second kappa shape index (κ2) is 7.81. The quantitative estimate of drug-likeness (QED) is 0.472. The van der Waals surface area contributed by atoms with Crippen molar-refractivity contribution in [1.82, 2.24) is 4.98 Å². The average molecular weight is 412 g/mol. The van der Waals surface area contributed by atoms with Gasteiger partial charge in [-0.15, -0.1) is 0 Å². The SMILES string of the molecule is NS(=O)(=O)c1ccc(OCCOC(=O)c2cc(C3CC3)nc3ccccc23)cc1. The van der Waals surface area contributed by atoms with E-state index in [0.717, 1.165) is 29.4 Å². The van der Waals surface area contributed by atoms with Gasteiger partial charge >= 0.3 is 5.97 Å². The molecule has 3 aromatic rings. The molecule has 0 radical (unpaired) electrons. The van der Waals surface area contributed by atoms with Gasteiger partial charge in [-0.05, 0) is 49.2 Å². The van der Waals surface area contributed by atoms with Crippen LogP contribution >= 0.6 is 0 Å². The Morgan fingerprint density at radius 3 is 2.48 bits per heavy atom. The van der Waals surface area contributed by atoms with Crippen LogP contribution in [0.5, 0.6) is 5.75 Å². The van der Waals surface area contributed by atoms with Crippen LogP contribution in [0.3, 0.4) is 0 Å². The summed E-state index contributed by atoms with van der Waals surface area (Å²) in [5.74, 6) is 0.465. The van der Waals surface area contributed by atoms with Gasteiger partial charge in [-0.3, -0.25) is 4.98 Å². The van der Waals surface area contributed by atoms with E-state index in [1.54, 1.807) is 0 Å². The van der Waals surface area contributed by atoms with E-state index in [2.05, 4.69) is 4.98 Å². The molecule has 0 bridgehead atoms. The molecule has 1 aliphatic carbocycles. The van der Waals surface area contributed by atoms with Crippen molar-refractivity contribution in [1.29, 1.82) is 0 Å². The largest absolute Gasteiger partial charge is 0.490 e. The Balaban J connectivity index is 1.39. The second-order valence-corrected chi connectivity index (χ2v) is 8.45. The van der Waals surface area contributed by atoms with Crippen molar-refractivity contribution in [2.45, 2.75) is 23.7 Å². The molecule has 1 saturated carbocycles. The molecule has 0 atom stereocenters. The van der Waals surface area contributed by atoms with Crippen molar-refractivity contribution in [3.8, 4) is 5.75 Å². The number of nitrogens with two attached hydrogens (primary N) is 1. The number of carbonyl (C=O) groups excluding carboxylic acids is 1. The van der Waals surface area contributed by atoms with Crippen LogP contribution in [-0.4, -0.2) is 32.6 Å². The normalized spacial score (nSPS) is 14.0. The van der Waals surface area contributed by atoms with Gasteiger partial charge in [0.2, 0.25) is 10.0 Å². The predicted molar refractivity (Wildman–Crippen MR) is 107 cm³/mol. The van der Waals surface area contributed by atoms with E-state index in [-0.39, 0.29) is 18.1 Å². The van der Waals surface area contributed by atoms with Crippen LogP contribution in [0, 0.1) is 0 Å². The van der Waals surface area contributed by atoms with E-state index in [1.807, 2.05) is 30.3 Å². The first-order chi connectivity index (χ1) is 13.9. The number of primary sulfonamides is 1. The van der Waals surface area contributed by atoms with Gasteiger partial charge in [0.25, 0.3) is 0 Å². The summed E-state index contributed by atoms with van der Waals surface area (Å²) in [7, 11) is -3.74. The van der Waals surface area contributed by atoms with Crippen LogP contribution in [0.2, 0.25) is 0 Å². The van der Waals surface area contributed by atoms with Gasteiger partial charge in [-0.25, -0.2) is 18.4 Å². The van der Waals surface area contributed by atoms with Crippen LogP contribution in [-0.2, 0) is 14.8 Å². The minimum absolute atomic E-state index is 0.00677. The summed E-state index contributed by atoms with van der Waals surface area (Å²) in [6.45, 7) is 0.199. The first-order valence-corrected chi connectivity index (χ1v) is 10.8. The Bertz CT molecular complexity index is 1160. The predicted octanol–water partition coefficient (Wildman–Crippen LogP) is 3.00. The summed E-state index contributed by atoms with van der Waals surface area (Å²) in [5, 5.41) is 5.82. The number of benzene rings is 2. The molecular formula is C21H20N2O5S. The van der Waals surface area contributed by atoms with Crippen LogP contribution in [0.1, 0.15) is 34.8 Å². The fourth-order valence-electron chi connectivity index (χ4n) is 3.05. The molecule has 7 nitrogen and oxygen atoms in total. The van der Waals surface area contributed by atoms with Gasteiger partial charge in [0.1, 0.15) is 19.0 Å². The minimum Gasteiger partial charge on any atom is -0.490 e. The van der Waals surface area contributed by atoms with Crippen molar-refractivity contribution in [3.05, 3.63) is 65.9 Å². The zero-order valence-electron chi connectivity index (χ0n) is 15.6. The van der Waals surface area contributed by atoms with Crippen LogP contribution in [0.4, 0.5) is 0 Å². The number of aromatic nitrogens is 1. The van der Waals surface area contributed by atoms with Gasteiger partial charge in [0.15, 0.2) is 0 Å². The molecule has 1 fully saturated rings. The number of fused-ring (bicyclic) bond motifs is 1. The molecule has 150 valence electrons. The molecule has 4 rings (SSSR count). The van der Waals surface area contributed by atoms with Gasteiger partial charge < -0.3 is 9.47 Å². The summed E-state index contributed by atoms with van der Waals surface area (Å²) in [6.07, 6.45) is 2.19. The highest BCUT2D eigenvalue weighted by Crippen LogP contribution is 2.40. The maximum absolute atomic E-state index is 12.6. The average Bonchev–Trinajstić information content (AvgIpc) is 3.55. The third-order valence-corrected chi connectivity index (χ3v) is 5.62. The zero-order valence-corrected chi connectivity index (χ0v) is 16.4. The van der Waals surface area contributed by atoms with Gasteiger partial charge in [-0.2, -0.15) is 0 Å². The lowest BCUT2D eigenvalue weighted by Crippen LogP contribution is -2.14. The molecular weight excluding hydrogens is 392 g/mol. The Morgan fingerprint density at radius 2 is 1.79 bits per heavy atom. The summed E-state index contributed by atoms with van der Waals surface area (Å²) >= 11 is 0. The first-order valence-electron chi connectivity index (χ1n) is 9.24. The van der Waals surface area contributed by atoms with Crippen molar-refractivity contribution < 1.29 is 22.7 Å². The maximum Gasteiger partial charge on any atom is 0.339 e. The number of esters is 1. The smallest absolute Gasteiger partial charge is 0.339 e. The number of rotatable bonds is 7. The number of hydrogen-bond acceptors (Lipinski definition) is 6. The Labute approximate surface area is 168 Å². The lowest BCUT2D eigenvalue weighted by atomic mass is 10.1. The van der Waals surface area contributed by atoms with E-state index in [9.17, 15) is 13.2 Å². The highest BCUT2D eigenvalue weighted by Gasteiger charge is 2.27. The molecule has 8 heteroatoms. The molecule has 2 aromatic carbocycles. The monoisotopic (exact) mass is 412 g/mol. The van der Waals surface area contributed by atoms with Crippen LogP contribution < -0.4 is 9.88 Å². The van der Waals surface area contributed by atoms with E-state index in [0.29, 0.717) is 17.2 Å². The molecule has 1 aromatic heterocycles. The second-order valence-electron chi connectivity index (χ2n) is 6.89. The highest BCUT2D eigenvalue weighted by atomic mass is 32.2. The van der Waals surface area contributed by atoms with Crippen molar-refractivity contribution in [2.75, 3.05) is 13.2 Å². The number of carbonyl (C=O) groups is 1. The van der Waals surface area contributed by atoms with E-state index in [4.69, 9.17) is 14.6 Å². The molecule has 0 aliphatic heterocycles. The van der Waals surface area contributed by atoms with E-state index < -0.39 is 16.0 Å². The van der Waals surface area contributed by atoms with Crippen molar-refractivity contribution in [3.63, 3.8) is 0 Å². The molecule has 0 amide bonds. The Hall–Kier alpha value is -2.97. The highest BCUT2D eigenvalue weighted by molar-refractivity contribution is 7.89. The summed E-state index contributed by atoms with van der Waals surface area (Å²) < 4.78 is 33.4.